The van der Waals surface area contributed by atoms with Crippen molar-refractivity contribution in [3.63, 3.8) is 0 Å². The molecule has 1 heterocycles. The molecular weight excluding hydrogens is 362 g/mol. The molecule has 0 aliphatic carbocycles. The second-order valence-electron chi connectivity index (χ2n) is 6.39. The molecule has 0 bridgehead atoms. The van der Waals surface area contributed by atoms with Gasteiger partial charge in [-0.2, -0.15) is 0 Å². The molecule has 7 heteroatoms. The summed E-state index contributed by atoms with van der Waals surface area (Å²) in [7, 11) is 1.79. The fraction of sp³-hybridized carbons (Fsp3) is 0.300. The Kier molecular flexibility index (Phi) is 6.19. The lowest BCUT2D eigenvalue weighted by Gasteiger charge is -2.38. The van der Waals surface area contributed by atoms with Crippen molar-refractivity contribution in [1.29, 1.82) is 0 Å². The van der Waals surface area contributed by atoms with Gasteiger partial charge in [-0.1, -0.05) is 35.9 Å². The highest BCUT2D eigenvalue weighted by Crippen LogP contribution is 2.26. The number of aliphatic imine (C=N–C) groups is 1. The molecule has 6 nitrogen and oxygen atoms in total. The molecule has 2 aromatic carbocycles. The number of carbonyl (C=O) groups excluding carboxylic acids is 1. The molecule has 3 N–H and O–H groups in total. The van der Waals surface area contributed by atoms with Crippen LogP contribution in [0.5, 0.6) is 0 Å². The summed E-state index contributed by atoms with van der Waals surface area (Å²) in [4.78, 5) is 20.1. The van der Waals surface area contributed by atoms with Crippen molar-refractivity contribution in [2.45, 2.75) is 6.54 Å². The Morgan fingerprint density at radius 3 is 2.37 bits per heavy atom. The summed E-state index contributed by atoms with van der Waals surface area (Å²) < 4.78 is 0. The van der Waals surface area contributed by atoms with E-state index in [1.54, 1.807) is 19.2 Å². The summed E-state index contributed by atoms with van der Waals surface area (Å²) in [5.74, 6) is 0.453. The Morgan fingerprint density at radius 2 is 1.78 bits per heavy atom. The first-order valence-electron chi connectivity index (χ1n) is 8.92. The molecule has 27 heavy (non-hydrogen) atoms. The van der Waals surface area contributed by atoms with Crippen LogP contribution < -0.4 is 16.0 Å². The summed E-state index contributed by atoms with van der Waals surface area (Å²) in [6.45, 7) is 4.14. The maximum Gasteiger partial charge on any atom is 0.248 e. The molecule has 1 saturated heterocycles. The number of hydrogen-bond donors (Lipinski definition) is 2. The number of nitrogens with two attached hydrogens (primary N) is 1. The number of nitrogens with one attached hydrogen (secondary N) is 1. The SMILES string of the molecule is CN=C(NCc1ccc(C(N)=O)cc1)N1CCN(c2ccccc2Cl)CC1. The van der Waals surface area contributed by atoms with Crippen molar-refractivity contribution in [1.82, 2.24) is 10.2 Å². The number of amides is 1. The Balaban J connectivity index is 1.55. The Hall–Kier alpha value is -2.73. The van der Waals surface area contributed by atoms with Crippen LogP contribution in [0.4, 0.5) is 5.69 Å². The molecular formula is C20H24ClN5O. The van der Waals surface area contributed by atoms with Crippen LogP contribution in [0, 0.1) is 0 Å². The molecule has 0 atom stereocenters. The van der Waals surface area contributed by atoms with Crippen LogP contribution in [0.15, 0.2) is 53.5 Å². The van der Waals surface area contributed by atoms with Crippen LogP contribution in [0.2, 0.25) is 5.02 Å². The van der Waals surface area contributed by atoms with Gasteiger partial charge in [0.15, 0.2) is 5.96 Å². The standard InChI is InChI=1S/C20H24ClN5O/c1-23-20(24-14-15-6-8-16(9-7-15)19(22)27)26-12-10-25(11-13-26)18-5-3-2-4-17(18)21/h2-9H,10-14H2,1H3,(H2,22,27)(H,23,24). The molecule has 2 aromatic rings. The molecule has 1 fully saturated rings. The zero-order valence-electron chi connectivity index (χ0n) is 15.4. The predicted molar refractivity (Wildman–Crippen MR) is 110 cm³/mol. The summed E-state index contributed by atoms with van der Waals surface area (Å²) in [5.41, 5.74) is 7.93. The van der Waals surface area contributed by atoms with E-state index in [-0.39, 0.29) is 0 Å². The summed E-state index contributed by atoms with van der Waals surface area (Å²) in [6.07, 6.45) is 0. The number of guanidine groups is 1. The molecule has 1 aliphatic rings. The van der Waals surface area contributed by atoms with Gasteiger partial charge in [-0.15, -0.1) is 0 Å². The predicted octanol–water partition coefficient (Wildman–Crippen LogP) is 2.34. The number of carbonyl (C=O) groups is 1. The monoisotopic (exact) mass is 385 g/mol. The van der Waals surface area contributed by atoms with Gasteiger partial charge in [-0.05, 0) is 29.8 Å². The molecule has 1 aliphatic heterocycles. The van der Waals surface area contributed by atoms with E-state index in [1.807, 2.05) is 30.3 Å². The van der Waals surface area contributed by atoms with Crippen LogP contribution in [0.3, 0.4) is 0 Å². The number of primary amides is 1. The molecule has 0 unspecified atom stereocenters. The van der Waals surface area contributed by atoms with Gasteiger partial charge in [0.25, 0.3) is 0 Å². The first kappa shape index (κ1) is 19.0. The molecule has 1 amide bonds. The van der Waals surface area contributed by atoms with Gasteiger partial charge < -0.3 is 20.9 Å². The van der Waals surface area contributed by atoms with E-state index in [0.29, 0.717) is 12.1 Å². The van der Waals surface area contributed by atoms with Gasteiger partial charge in [-0.25, -0.2) is 0 Å². The number of nitrogens with zero attached hydrogens (tertiary/aromatic N) is 3. The third-order valence-corrected chi connectivity index (χ3v) is 4.99. The number of halogens is 1. The van der Waals surface area contributed by atoms with E-state index in [9.17, 15) is 4.79 Å². The molecule has 3 rings (SSSR count). The average Bonchev–Trinajstić information content (AvgIpc) is 2.70. The second-order valence-corrected chi connectivity index (χ2v) is 6.79. The lowest BCUT2D eigenvalue weighted by atomic mass is 10.1. The van der Waals surface area contributed by atoms with E-state index < -0.39 is 5.91 Å². The van der Waals surface area contributed by atoms with Crippen LogP contribution >= 0.6 is 11.6 Å². The Labute approximate surface area is 164 Å². The maximum atomic E-state index is 11.1. The quantitative estimate of drug-likeness (QED) is 0.625. The van der Waals surface area contributed by atoms with Crippen molar-refractivity contribution in [3.8, 4) is 0 Å². The van der Waals surface area contributed by atoms with Crippen LogP contribution in [-0.2, 0) is 6.54 Å². The average molecular weight is 386 g/mol. The highest BCUT2D eigenvalue weighted by molar-refractivity contribution is 6.33. The number of rotatable bonds is 4. The molecule has 0 spiro atoms. The van der Waals surface area contributed by atoms with Gasteiger partial charge >= 0.3 is 0 Å². The summed E-state index contributed by atoms with van der Waals surface area (Å²) in [6, 6.07) is 15.2. The third-order valence-electron chi connectivity index (χ3n) is 4.67. The first-order valence-corrected chi connectivity index (χ1v) is 9.30. The molecule has 0 saturated carbocycles. The van der Waals surface area contributed by atoms with Gasteiger partial charge in [0, 0.05) is 45.3 Å². The number of piperazine rings is 1. The lowest BCUT2D eigenvalue weighted by Crippen LogP contribution is -2.52. The van der Waals surface area contributed by atoms with E-state index in [1.165, 1.54) is 0 Å². The highest BCUT2D eigenvalue weighted by Gasteiger charge is 2.20. The van der Waals surface area contributed by atoms with Crippen LogP contribution in [-0.4, -0.2) is 50.0 Å². The highest BCUT2D eigenvalue weighted by atomic mass is 35.5. The summed E-state index contributed by atoms with van der Waals surface area (Å²) >= 11 is 6.31. The number of benzene rings is 2. The van der Waals surface area contributed by atoms with Crippen molar-refractivity contribution in [2.75, 3.05) is 38.1 Å². The van der Waals surface area contributed by atoms with Gasteiger partial charge in [0.2, 0.25) is 5.91 Å². The Morgan fingerprint density at radius 1 is 1.11 bits per heavy atom. The van der Waals surface area contributed by atoms with Crippen LogP contribution in [0.1, 0.15) is 15.9 Å². The van der Waals surface area contributed by atoms with Gasteiger partial charge in [-0.3, -0.25) is 9.79 Å². The smallest absolute Gasteiger partial charge is 0.248 e. The number of hydrogen-bond acceptors (Lipinski definition) is 3. The second kappa shape index (κ2) is 8.77. The zero-order chi connectivity index (χ0) is 19.2. The fourth-order valence-corrected chi connectivity index (χ4v) is 3.42. The van der Waals surface area contributed by atoms with E-state index in [0.717, 1.165) is 48.4 Å². The minimum atomic E-state index is -0.415. The van der Waals surface area contributed by atoms with Gasteiger partial charge in [0.05, 0.1) is 10.7 Å². The molecule has 0 radical (unpaired) electrons. The van der Waals surface area contributed by atoms with Crippen molar-refractivity contribution in [2.24, 2.45) is 10.7 Å². The Bertz CT molecular complexity index is 813. The fourth-order valence-electron chi connectivity index (χ4n) is 3.17. The van der Waals surface area contributed by atoms with E-state index in [4.69, 9.17) is 17.3 Å². The molecule has 0 aromatic heterocycles. The normalized spacial score (nSPS) is 15.0. The van der Waals surface area contributed by atoms with Crippen molar-refractivity contribution >= 4 is 29.2 Å². The van der Waals surface area contributed by atoms with Crippen molar-refractivity contribution < 1.29 is 4.79 Å². The first-order chi connectivity index (χ1) is 13.1. The minimum Gasteiger partial charge on any atom is -0.367 e. The minimum absolute atomic E-state index is 0.415. The number of para-hydroxylation sites is 1. The lowest BCUT2D eigenvalue weighted by molar-refractivity contribution is 0.100. The summed E-state index contributed by atoms with van der Waals surface area (Å²) in [5, 5.41) is 4.17. The largest absolute Gasteiger partial charge is 0.367 e. The van der Waals surface area contributed by atoms with Gasteiger partial charge in [0.1, 0.15) is 0 Å². The molecule has 142 valence electrons. The maximum absolute atomic E-state index is 11.1. The van der Waals surface area contributed by atoms with Crippen LogP contribution in [0.25, 0.3) is 0 Å². The van der Waals surface area contributed by atoms with Crippen molar-refractivity contribution in [3.05, 3.63) is 64.7 Å². The topological polar surface area (TPSA) is 74.0 Å². The van der Waals surface area contributed by atoms with E-state index >= 15 is 0 Å². The zero-order valence-corrected chi connectivity index (χ0v) is 16.1. The number of anilines is 1. The third kappa shape index (κ3) is 4.71. The van der Waals surface area contributed by atoms with E-state index in [2.05, 4.69) is 26.2 Å².